The molecule has 178 valence electrons. The van der Waals surface area contributed by atoms with E-state index in [0.29, 0.717) is 11.3 Å². The summed E-state index contributed by atoms with van der Waals surface area (Å²) in [7, 11) is 0. The molecule has 0 bridgehead atoms. The van der Waals surface area contributed by atoms with Crippen LogP contribution in [0.3, 0.4) is 0 Å². The molecular weight excluding hydrogens is 446 g/mol. The lowest BCUT2D eigenvalue weighted by molar-refractivity contribution is -0.112. The summed E-state index contributed by atoms with van der Waals surface area (Å²) in [4.78, 5) is 27.5. The number of hydrogen-bond donors (Lipinski definition) is 3. The van der Waals surface area contributed by atoms with Crippen LogP contribution in [0.1, 0.15) is 33.7 Å². The fourth-order valence-corrected chi connectivity index (χ4v) is 3.97. The fourth-order valence-electron chi connectivity index (χ4n) is 3.97. The molecular formula is C26H25N5O4. The van der Waals surface area contributed by atoms with Gasteiger partial charge in [-0.3, -0.25) is 14.5 Å². The molecule has 9 heteroatoms. The van der Waals surface area contributed by atoms with Gasteiger partial charge >= 0.3 is 0 Å². The fraction of sp³-hybridized carbons (Fsp3) is 0.231. The summed E-state index contributed by atoms with van der Waals surface area (Å²) >= 11 is 0. The monoisotopic (exact) mass is 471 g/mol. The lowest BCUT2D eigenvalue weighted by atomic mass is 10.1. The number of nitriles is 1. The molecule has 9 nitrogen and oxygen atoms in total. The van der Waals surface area contributed by atoms with Crippen molar-refractivity contribution < 1.29 is 19.2 Å². The zero-order valence-electron chi connectivity index (χ0n) is 19.2. The number of aliphatic hydroxyl groups is 1. The van der Waals surface area contributed by atoms with E-state index in [2.05, 4.69) is 32.8 Å². The summed E-state index contributed by atoms with van der Waals surface area (Å²) in [5.74, 6) is -1.21. The SMILES string of the molecule is Cc1oncc1C(O)=C(C#N)C(=O)Nc1ccc(C(=O)NC2CCN(Cc3ccccc3)C2)cc1. The Morgan fingerprint density at radius 1 is 1.20 bits per heavy atom. The van der Waals surface area contributed by atoms with Gasteiger partial charge in [-0.2, -0.15) is 5.26 Å². The standard InChI is InChI=1S/C26H25N5O4/c1-17-23(14-28-35-17)24(32)22(13-27)26(34)29-20-9-7-19(8-10-20)25(33)30-21-11-12-31(16-21)15-18-5-3-2-4-6-18/h2-10,14,21,32H,11-12,15-16H2,1H3,(H,29,34)(H,30,33). The number of nitrogens with zero attached hydrogens (tertiary/aromatic N) is 3. The third-order valence-electron chi connectivity index (χ3n) is 5.84. The molecule has 4 rings (SSSR count). The summed E-state index contributed by atoms with van der Waals surface area (Å²) in [6.45, 7) is 4.11. The van der Waals surface area contributed by atoms with Crippen LogP contribution in [-0.4, -0.2) is 46.1 Å². The van der Waals surface area contributed by atoms with Gasteiger partial charge in [0.2, 0.25) is 0 Å². The van der Waals surface area contributed by atoms with Crippen molar-refractivity contribution in [3.63, 3.8) is 0 Å². The Bertz CT molecular complexity index is 1280. The normalized spacial score (nSPS) is 16.3. The van der Waals surface area contributed by atoms with Crippen molar-refractivity contribution >= 4 is 23.3 Å². The lowest BCUT2D eigenvalue weighted by Crippen LogP contribution is -2.37. The summed E-state index contributed by atoms with van der Waals surface area (Å²) in [5.41, 5.74) is 1.78. The molecule has 0 spiro atoms. The molecule has 0 radical (unpaired) electrons. The topological polar surface area (TPSA) is 131 Å². The van der Waals surface area contributed by atoms with Gasteiger partial charge in [0, 0.05) is 36.9 Å². The number of nitrogens with one attached hydrogen (secondary N) is 2. The van der Waals surface area contributed by atoms with Gasteiger partial charge in [0.15, 0.2) is 11.3 Å². The maximum Gasteiger partial charge on any atom is 0.270 e. The highest BCUT2D eigenvalue weighted by Crippen LogP contribution is 2.21. The first kappa shape index (κ1) is 23.7. The van der Waals surface area contributed by atoms with E-state index in [1.54, 1.807) is 37.3 Å². The lowest BCUT2D eigenvalue weighted by Gasteiger charge is -2.17. The van der Waals surface area contributed by atoms with Crippen LogP contribution < -0.4 is 10.6 Å². The van der Waals surface area contributed by atoms with E-state index in [1.165, 1.54) is 11.8 Å². The minimum atomic E-state index is -0.785. The number of carbonyl (C=O) groups is 2. The van der Waals surface area contributed by atoms with Gasteiger partial charge in [-0.1, -0.05) is 35.5 Å². The van der Waals surface area contributed by atoms with Crippen LogP contribution in [0.25, 0.3) is 5.76 Å². The van der Waals surface area contributed by atoms with Crippen LogP contribution >= 0.6 is 0 Å². The second-order valence-electron chi connectivity index (χ2n) is 8.34. The molecule has 0 saturated carbocycles. The first-order valence-corrected chi connectivity index (χ1v) is 11.2. The smallest absolute Gasteiger partial charge is 0.270 e. The Labute approximate surface area is 202 Å². The van der Waals surface area contributed by atoms with Crippen LogP contribution in [-0.2, 0) is 11.3 Å². The van der Waals surface area contributed by atoms with Crippen molar-refractivity contribution in [1.82, 2.24) is 15.4 Å². The molecule has 3 aromatic rings. The number of amides is 2. The second-order valence-corrected chi connectivity index (χ2v) is 8.34. The third kappa shape index (κ3) is 5.75. The van der Waals surface area contributed by atoms with Gasteiger partial charge in [-0.25, -0.2) is 0 Å². The predicted molar refractivity (Wildman–Crippen MR) is 129 cm³/mol. The maximum absolute atomic E-state index is 12.7. The van der Waals surface area contributed by atoms with Crippen molar-refractivity contribution in [3.8, 4) is 6.07 Å². The van der Waals surface area contributed by atoms with E-state index in [-0.39, 0.29) is 23.3 Å². The molecule has 1 fully saturated rings. The molecule has 35 heavy (non-hydrogen) atoms. The molecule has 0 aliphatic carbocycles. The molecule has 1 aliphatic heterocycles. The van der Waals surface area contributed by atoms with E-state index >= 15 is 0 Å². The van der Waals surface area contributed by atoms with Crippen molar-refractivity contribution in [2.45, 2.75) is 25.9 Å². The quantitative estimate of drug-likeness (QED) is 0.273. The molecule has 2 aromatic carbocycles. The van der Waals surface area contributed by atoms with Gasteiger partial charge in [0.25, 0.3) is 11.8 Å². The molecule has 1 unspecified atom stereocenters. The molecule has 1 saturated heterocycles. The van der Waals surface area contributed by atoms with Gasteiger partial charge in [0.1, 0.15) is 11.8 Å². The zero-order valence-corrected chi connectivity index (χ0v) is 19.2. The van der Waals surface area contributed by atoms with E-state index in [1.807, 2.05) is 18.2 Å². The largest absolute Gasteiger partial charge is 0.506 e. The van der Waals surface area contributed by atoms with Crippen LogP contribution in [0, 0.1) is 18.3 Å². The Morgan fingerprint density at radius 2 is 1.94 bits per heavy atom. The van der Waals surface area contributed by atoms with Gasteiger partial charge in [0.05, 0.1) is 11.8 Å². The number of rotatable bonds is 7. The van der Waals surface area contributed by atoms with Crippen LogP contribution in [0.4, 0.5) is 5.69 Å². The Kier molecular flexibility index (Phi) is 7.24. The minimum Gasteiger partial charge on any atom is -0.506 e. The second kappa shape index (κ2) is 10.7. The summed E-state index contributed by atoms with van der Waals surface area (Å²) in [5, 5.41) is 28.8. The van der Waals surface area contributed by atoms with Crippen molar-refractivity contribution in [3.05, 3.63) is 88.8 Å². The van der Waals surface area contributed by atoms with Crippen molar-refractivity contribution in [2.24, 2.45) is 0 Å². The van der Waals surface area contributed by atoms with Crippen LogP contribution in [0.2, 0.25) is 0 Å². The first-order chi connectivity index (χ1) is 16.9. The Morgan fingerprint density at radius 3 is 2.60 bits per heavy atom. The Hall–Kier alpha value is -4.42. The number of aromatic nitrogens is 1. The highest BCUT2D eigenvalue weighted by Gasteiger charge is 2.24. The van der Waals surface area contributed by atoms with E-state index in [9.17, 15) is 20.0 Å². The summed E-state index contributed by atoms with van der Waals surface area (Å²) in [6.07, 6.45) is 2.11. The molecule has 2 amide bonds. The van der Waals surface area contributed by atoms with Gasteiger partial charge in [-0.05, 0) is 43.2 Å². The number of aryl methyl sites for hydroxylation is 1. The highest BCUT2D eigenvalue weighted by atomic mass is 16.5. The number of anilines is 1. The predicted octanol–water partition coefficient (Wildman–Crippen LogP) is 3.42. The highest BCUT2D eigenvalue weighted by molar-refractivity contribution is 6.11. The molecule has 1 aliphatic rings. The minimum absolute atomic E-state index is 0.0674. The number of aliphatic hydroxyl groups excluding tert-OH is 1. The Balaban J connectivity index is 1.33. The maximum atomic E-state index is 12.7. The average molecular weight is 472 g/mol. The molecule has 1 atom stereocenters. The molecule has 3 N–H and O–H groups in total. The number of carbonyl (C=O) groups excluding carboxylic acids is 2. The van der Waals surface area contributed by atoms with E-state index in [0.717, 1.165) is 26.1 Å². The van der Waals surface area contributed by atoms with Crippen LogP contribution in [0.5, 0.6) is 0 Å². The van der Waals surface area contributed by atoms with E-state index in [4.69, 9.17) is 4.52 Å². The first-order valence-electron chi connectivity index (χ1n) is 11.2. The van der Waals surface area contributed by atoms with Gasteiger partial charge < -0.3 is 20.3 Å². The van der Waals surface area contributed by atoms with E-state index < -0.39 is 17.2 Å². The summed E-state index contributed by atoms with van der Waals surface area (Å²) in [6, 6.07) is 18.3. The zero-order chi connectivity index (χ0) is 24.8. The molecule has 2 heterocycles. The third-order valence-corrected chi connectivity index (χ3v) is 5.84. The number of benzene rings is 2. The van der Waals surface area contributed by atoms with Crippen molar-refractivity contribution in [1.29, 1.82) is 5.26 Å². The average Bonchev–Trinajstić information content (AvgIpc) is 3.49. The summed E-state index contributed by atoms with van der Waals surface area (Å²) < 4.78 is 4.87. The number of likely N-dealkylation sites (tertiary alicyclic amines) is 1. The molecule has 1 aromatic heterocycles. The van der Waals surface area contributed by atoms with Crippen molar-refractivity contribution in [2.75, 3.05) is 18.4 Å². The van der Waals surface area contributed by atoms with Gasteiger partial charge in [-0.15, -0.1) is 0 Å². The number of hydrogen-bond acceptors (Lipinski definition) is 7. The van der Waals surface area contributed by atoms with Crippen LogP contribution in [0.15, 0.2) is 70.9 Å².